The summed E-state index contributed by atoms with van der Waals surface area (Å²) in [6.45, 7) is 3.05. The van der Waals surface area contributed by atoms with Gasteiger partial charge in [0.1, 0.15) is 11.6 Å². The molecular formula is C15H21N3O. The average molecular weight is 259 g/mol. The third kappa shape index (κ3) is 1.91. The van der Waals surface area contributed by atoms with Crippen LogP contribution in [0.15, 0.2) is 18.2 Å². The zero-order chi connectivity index (χ0) is 13.5. The number of aromatic nitrogens is 2. The van der Waals surface area contributed by atoms with Crippen molar-refractivity contribution in [3.05, 3.63) is 24.0 Å². The maximum absolute atomic E-state index is 6.58. The van der Waals surface area contributed by atoms with Crippen LogP contribution >= 0.6 is 0 Å². The molecule has 4 nitrogen and oxygen atoms in total. The van der Waals surface area contributed by atoms with Gasteiger partial charge in [0.15, 0.2) is 0 Å². The summed E-state index contributed by atoms with van der Waals surface area (Å²) in [4.78, 5) is 4.80. The maximum atomic E-state index is 6.58. The molecule has 2 N–H and O–H groups in total. The van der Waals surface area contributed by atoms with Gasteiger partial charge in [0.2, 0.25) is 0 Å². The Balaban J connectivity index is 2.18. The van der Waals surface area contributed by atoms with E-state index in [2.05, 4.69) is 17.6 Å². The van der Waals surface area contributed by atoms with Crippen molar-refractivity contribution in [2.75, 3.05) is 7.11 Å². The van der Waals surface area contributed by atoms with Crippen molar-refractivity contribution in [1.29, 1.82) is 0 Å². The second-order valence-electron chi connectivity index (χ2n) is 5.40. The van der Waals surface area contributed by atoms with Crippen molar-refractivity contribution < 1.29 is 4.74 Å². The lowest BCUT2D eigenvalue weighted by molar-refractivity contribution is 0.413. The summed E-state index contributed by atoms with van der Waals surface area (Å²) < 4.78 is 7.53. The van der Waals surface area contributed by atoms with E-state index in [1.54, 1.807) is 7.11 Å². The molecule has 0 spiro atoms. The summed E-state index contributed by atoms with van der Waals surface area (Å²) in [5.74, 6) is 1.88. The number of methoxy groups -OCH3 is 1. The standard InChI is InChI=1S/C15H21N3O/c1-3-18-13-7-6-11(19-2)10-12(13)17-14(18)15(16)8-4-5-9-15/h6-7,10H,3-5,8-9,16H2,1-2H3. The number of aryl methyl sites for hydroxylation is 1. The van der Waals surface area contributed by atoms with Crippen molar-refractivity contribution in [3.63, 3.8) is 0 Å². The van der Waals surface area contributed by atoms with Crippen molar-refractivity contribution in [2.45, 2.75) is 44.7 Å². The Hall–Kier alpha value is -1.55. The Labute approximate surface area is 113 Å². The summed E-state index contributed by atoms with van der Waals surface area (Å²) in [6, 6.07) is 6.05. The van der Waals surface area contributed by atoms with Gasteiger partial charge < -0.3 is 15.0 Å². The van der Waals surface area contributed by atoms with Gasteiger partial charge in [0, 0.05) is 12.6 Å². The first-order chi connectivity index (χ1) is 9.18. The van der Waals surface area contributed by atoms with Gasteiger partial charge in [-0.25, -0.2) is 4.98 Å². The molecule has 0 bridgehead atoms. The SMILES string of the molecule is CCn1c(C2(N)CCCC2)nc2cc(OC)ccc21. The number of nitrogens with two attached hydrogens (primary N) is 1. The van der Waals surface area contributed by atoms with Gasteiger partial charge in [0.05, 0.1) is 23.7 Å². The third-order valence-electron chi connectivity index (χ3n) is 4.21. The molecule has 4 heteroatoms. The fourth-order valence-corrected chi connectivity index (χ4v) is 3.17. The highest BCUT2D eigenvalue weighted by molar-refractivity contribution is 5.78. The molecule has 1 aromatic heterocycles. The molecule has 2 aromatic rings. The lowest BCUT2D eigenvalue weighted by Crippen LogP contribution is -2.36. The average Bonchev–Trinajstić information content (AvgIpc) is 3.02. The molecule has 0 unspecified atom stereocenters. The Bertz CT molecular complexity index is 597. The lowest BCUT2D eigenvalue weighted by atomic mass is 9.98. The van der Waals surface area contributed by atoms with Crippen LogP contribution in [0.5, 0.6) is 5.75 Å². The van der Waals surface area contributed by atoms with Crippen LogP contribution in [-0.4, -0.2) is 16.7 Å². The van der Waals surface area contributed by atoms with Crippen molar-refractivity contribution in [2.24, 2.45) is 5.73 Å². The summed E-state index contributed by atoms with van der Waals surface area (Å²) in [7, 11) is 1.68. The predicted octanol–water partition coefficient (Wildman–Crippen LogP) is 2.79. The van der Waals surface area contributed by atoms with Crippen LogP contribution in [0.3, 0.4) is 0 Å². The largest absolute Gasteiger partial charge is 0.497 e. The van der Waals surface area contributed by atoms with Crippen LogP contribution in [0, 0.1) is 0 Å². The quantitative estimate of drug-likeness (QED) is 0.922. The van der Waals surface area contributed by atoms with Crippen LogP contribution in [0.4, 0.5) is 0 Å². The molecular weight excluding hydrogens is 238 g/mol. The first-order valence-corrected chi connectivity index (χ1v) is 7.01. The fraction of sp³-hybridized carbons (Fsp3) is 0.533. The number of benzene rings is 1. The highest BCUT2D eigenvalue weighted by Crippen LogP contribution is 2.37. The minimum atomic E-state index is -0.248. The van der Waals surface area contributed by atoms with Gasteiger partial charge in [-0.3, -0.25) is 0 Å². The number of fused-ring (bicyclic) bond motifs is 1. The van der Waals surface area contributed by atoms with Crippen LogP contribution < -0.4 is 10.5 Å². The zero-order valence-corrected chi connectivity index (χ0v) is 11.6. The highest BCUT2D eigenvalue weighted by Gasteiger charge is 2.35. The molecule has 0 radical (unpaired) electrons. The zero-order valence-electron chi connectivity index (χ0n) is 11.6. The summed E-state index contributed by atoms with van der Waals surface area (Å²) in [5, 5.41) is 0. The molecule has 102 valence electrons. The number of hydrogen-bond acceptors (Lipinski definition) is 3. The Morgan fingerprint density at radius 3 is 2.74 bits per heavy atom. The monoisotopic (exact) mass is 259 g/mol. The smallest absolute Gasteiger partial charge is 0.130 e. The molecule has 1 aromatic carbocycles. The van der Waals surface area contributed by atoms with Crippen LogP contribution in [0.1, 0.15) is 38.4 Å². The summed E-state index contributed by atoms with van der Waals surface area (Å²) >= 11 is 0. The highest BCUT2D eigenvalue weighted by atomic mass is 16.5. The number of hydrogen-bond donors (Lipinski definition) is 1. The molecule has 19 heavy (non-hydrogen) atoms. The normalized spacial score (nSPS) is 18.1. The van der Waals surface area contributed by atoms with Crippen molar-refractivity contribution in [3.8, 4) is 5.75 Å². The molecule has 3 rings (SSSR count). The van der Waals surface area contributed by atoms with Gasteiger partial charge >= 0.3 is 0 Å². The number of nitrogens with zero attached hydrogens (tertiary/aromatic N) is 2. The Morgan fingerprint density at radius 1 is 1.37 bits per heavy atom. The molecule has 1 saturated carbocycles. The molecule has 1 fully saturated rings. The predicted molar refractivity (Wildman–Crippen MR) is 76.3 cm³/mol. The van der Waals surface area contributed by atoms with Crippen LogP contribution in [-0.2, 0) is 12.1 Å². The van der Waals surface area contributed by atoms with Gasteiger partial charge in [-0.05, 0) is 31.9 Å². The number of ether oxygens (including phenoxy) is 1. The van der Waals surface area contributed by atoms with E-state index in [4.69, 9.17) is 15.5 Å². The van der Waals surface area contributed by atoms with E-state index >= 15 is 0 Å². The van der Waals surface area contributed by atoms with E-state index in [1.165, 1.54) is 12.8 Å². The minimum Gasteiger partial charge on any atom is -0.497 e. The molecule has 1 heterocycles. The van der Waals surface area contributed by atoms with Gasteiger partial charge in [-0.2, -0.15) is 0 Å². The molecule has 0 aliphatic heterocycles. The lowest BCUT2D eigenvalue weighted by Gasteiger charge is -2.23. The fourth-order valence-electron chi connectivity index (χ4n) is 3.17. The van der Waals surface area contributed by atoms with E-state index in [-0.39, 0.29) is 5.54 Å². The maximum Gasteiger partial charge on any atom is 0.130 e. The molecule has 0 saturated heterocycles. The van der Waals surface area contributed by atoms with E-state index in [1.807, 2.05) is 12.1 Å². The first-order valence-electron chi connectivity index (χ1n) is 7.01. The van der Waals surface area contributed by atoms with Gasteiger partial charge in [0.25, 0.3) is 0 Å². The van der Waals surface area contributed by atoms with Crippen molar-refractivity contribution in [1.82, 2.24) is 9.55 Å². The van der Waals surface area contributed by atoms with Gasteiger partial charge in [-0.1, -0.05) is 12.8 Å². The third-order valence-corrected chi connectivity index (χ3v) is 4.21. The van der Waals surface area contributed by atoms with E-state index in [9.17, 15) is 0 Å². The van der Waals surface area contributed by atoms with Crippen LogP contribution in [0.25, 0.3) is 11.0 Å². The Morgan fingerprint density at radius 2 is 2.11 bits per heavy atom. The molecule has 1 aliphatic carbocycles. The molecule has 1 aliphatic rings. The minimum absolute atomic E-state index is 0.248. The molecule has 0 amide bonds. The second-order valence-corrected chi connectivity index (χ2v) is 5.40. The van der Waals surface area contributed by atoms with E-state index in [0.29, 0.717) is 0 Å². The van der Waals surface area contributed by atoms with E-state index < -0.39 is 0 Å². The van der Waals surface area contributed by atoms with E-state index in [0.717, 1.165) is 42.0 Å². The number of imidazole rings is 1. The summed E-state index contributed by atoms with van der Waals surface area (Å²) in [6.07, 6.45) is 4.47. The van der Waals surface area contributed by atoms with Crippen molar-refractivity contribution >= 4 is 11.0 Å². The topological polar surface area (TPSA) is 53.1 Å². The Kier molecular flexibility index (Phi) is 2.97. The first kappa shape index (κ1) is 12.5. The van der Waals surface area contributed by atoms with Gasteiger partial charge in [-0.15, -0.1) is 0 Å². The second kappa shape index (κ2) is 4.53. The molecule has 0 atom stereocenters. The number of rotatable bonds is 3. The van der Waals surface area contributed by atoms with Crippen LogP contribution in [0.2, 0.25) is 0 Å². The summed E-state index contributed by atoms with van der Waals surface area (Å²) in [5.41, 5.74) is 8.46.